The van der Waals surface area contributed by atoms with Gasteiger partial charge in [-0.15, -0.1) is 0 Å². The van der Waals surface area contributed by atoms with Crippen LogP contribution in [0.5, 0.6) is 0 Å². The zero-order valence-electron chi connectivity index (χ0n) is 15.0. The van der Waals surface area contributed by atoms with E-state index in [4.69, 9.17) is 11.6 Å². The van der Waals surface area contributed by atoms with Crippen molar-refractivity contribution in [3.8, 4) is 0 Å². The summed E-state index contributed by atoms with van der Waals surface area (Å²) < 4.78 is 38.8. The number of pyridine rings is 1. The Balaban J connectivity index is 1.47. The van der Waals surface area contributed by atoms with E-state index in [0.717, 1.165) is 39.6 Å². The van der Waals surface area contributed by atoms with Gasteiger partial charge < -0.3 is 10.3 Å². The predicted octanol–water partition coefficient (Wildman–Crippen LogP) is 5.96. The van der Waals surface area contributed by atoms with Gasteiger partial charge in [0.1, 0.15) is 0 Å². The minimum Gasteiger partial charge on any atom is -0.353 e. The van der Waals surface area contributed by atoms with E-state index in [1.54, 1.807) is 6.20 Å². The number of fused-ring (bicyclic) bond motifs is 3. The van der Waals surface area contributed by atoms with Gasteiger partial charge in [0.05, 0.1) is 22.3 Å². The number of nitrogens with zero attached hydrogens (tertiary/aromatic N) is 1. The molecule has 4 rings (SSSR count). The maximum absolute atomic E-state index is 12.9. The molecule has 0 spiro atoms. The normalized spacial score (nSPS) is 11.9. The number of hydrogen-bond acceptors (Lipinski definition) is 2. The molecule has 148 valence electrons. The van der Waals surface area contributed by atoms with Gasteiger partial charge in [-0.1, -0.05) is 29.8 Å². The Morgan fingerprint density at radius 3 is 2.66 bits per heavy atom. The highest BCUT2D eigenvalue weighted by molar-refractivity contribution is 6.31. The molecule has 29 heavy (non-hydrogen) atoms. The maximum Gasteiger partial charge on any atom is 0.417 e. The first kappa shape index (κ1) is 19.3. The van der Waals surface area contributed by atoms with Crippen LogP contribution in [0.1, 0.15) is 17.7 Å². The number of alkyl halides is 3. The van der Waals surface area contributed by atoms with Crippen LogP contribution in [0.15, 0.2) is 54.7 Å². The zero-order chi connectivity index (χ0) is 20.6. The van der Waals surface area contributed by atoms with Crippen LogP contribution in [-0.4, -0.2) is 15.9 Å². The molecule has 1 amide bonds. The number of nitrogens with one attached hydrogen (secondary N) is 2. The van der Waals surface area contributed by atoms with E-state index in [9.17, 15) is 18.0 Å². The number of aromatic nitrogens is 2. The lowest BCUT2D eigenvalue weighted by Gasteiger charge is -2.11. The molecular formula is C21H15ClF3N3O. The molecule has 8 heteroatoms. The molecular weight excluding hydrogens is 403 g/mol. The summed E-state index contributed by atoms with van der Waals surface area (Å²) in [5.41, 5.74) is 1.70. The first-order valence-corrected chi connectivity index (χ1v) is 9.21. The summed E-state index contributed by atoms with van der Waals surface area (Å²) in [6.45, 7) is 0. The molecule has 2 N–H and O–H groups in total. The van der Waals surface area contributed by atoms with Gasteiger partial charge in [-0.05, 0) is 36.8 Å². The highest BCUT2D eigenvalue weighted by Crippen LogP contribution is 2.36. The number of rotatable bonds is 4. The summed E-state index contributed by atoms with van der Waals surface area (Å²) in [6, 6.07) is 13.1. The number of para-hydroxylation sites is 1. The number of benzene rings is 2. The number of halogens is 4. The Kier molecular flexibility index (Phi) is 4.92. The fourth-order valence-electron chi connectivity index (χ4n) is 3.22. The first-order chi connectivity index (χ1) is 13.8. The molecule has 4 aromatic rings. The van der Waals surface area contributed by atoms with E-state index in [0.29, 0.717) is 6.42 Å². The largest absolute Gasteiger partial charge is 0.417 e. The van der Waals surface area contributed by atoms with Crippen molar-refractivity contribution in [3.63, 3.8) is 0 Å². The van der Waals surface area contributed by atoms with Crippen LogP contribution in [0.3, 0.4) is 0 Å². The van der Waals surface area contributed by atoms with Gasteiger partial charge in [0.15, 0.2) is 0 Å². The standard InChI is InChI=1S/C21H15ClF3N3O/c22-17-7-5-13(10-16(17)21(23,24)25)27-20(29)8-6-12-9-15-14-3-1-2-4-18(14)28-19(15)11-26-12/h1-5,7,9-11,28H,6,8H2,(H,27,29). The van der Waals surface area contributed by atoms with E-state index in [1.807, 2.05) is 30.3 Å². The summed E-state index contributed by atoms with van der Waals surface area (Å²) in [6.07, 6.45) is -2.42. The fraction of sp³-hybridized carbons (Fsp3) is 0.143. The molecule has 0 fully saturated rings. The minimum atomic E-state index is -4.59. The Hall–Kier alpha value is -3.06. The lowest BCUT2D eigenvalue weighted by Crippen LogP contribution is -2.14. The van der Waals surface area contributed by atoms with Crippen molar-refractivity contribution in [2.75, 3.05) is 5.32 Å². The first-order valence-electron chi connectivity index (χ1n) is 8.83. The van der Waals surface area contributed by atoms with Crippen molar-refractivity contribution in [2.24, 2.45) is 0 Å². The number of H-pyrrole nitrogens is 1. The molecule has 0 bridgehead atoms. The second kappa shape index (κ2) is 7.40. The third kappa shape index (κ3) is 4.05. The molecule has 0 aliphatic carbocycles. The smallest absolute Gasteiger partial charge is 0.353 e. The summed E-state index contributed by atoms with van der Waals surface area (Å²) in [5, 5.41) is 4.15. The Bertz CT molecular complexity index is 1220. The van der Waals surface area contributed by atoms with Crippen molar-refractivity contribution in [1.82, 2.24) is 9.97 Å². The topological polar surface area (TPSA) is 57.8 Å². The van der Waals surface area contributed by atoms with E-state index in [-0.39, 0.29) is 12.1 Å². The lowest BCUT2D eigenvalue weighted by molar-refractivity contribution is -0.137. The quantitative estimate of drug-likeness (QED) is 0.430. The summed E-state index contributed by atoms with van der Waals surface area (Å²) in [7, 11) is 0. The van der Waals surface area contributed by atoms with Crippen LogP contribution in [0.4, 0.5) is 18.9 Å². The van der Waals surface area contributed by atoms with Gasteiger partial charge in [-0.3, -0.25) is 9.78 Å². The Morgan fingerprint density at radius 1 is 1.07 bits per heavy atom. The average molecular weight is 418 g/mol. The molecule has 0 radical (unpaired) electrons. The molecule has 0 saturated heterocycles. The number of amides is 1. The van der Waals surface area contributed by atoms with Gasteiger partial charge in [-0.25, -0.2) is 0 Å². The maximum atomic E-state index is 12.9. The molecule has 0 unspecified atom stereocenters. The Morgan fingerprint density at radius 2 is 1.86 bits per heavy atom. The van der Waals surface area contributed by atoms with Crippen LogP contribution in [0, 0.1) is 0 Å². The molecule has 2 aromatic heterocycles. The second-order valence-electron chi connectivity index (χ2n) is 6.63. The molecule has 4 nitrogen and oxygen atoms in total. The SMILES string of the molecule is O=C(CCc1cc2c(cn1)[nH]c1ccccc12)Nc1ccc(Cl)c(C(F)(F)F)c1. The minimum absolute atomic E-state index is 0.0479. The van der Waals surface area contributed by atoms with Gasteiger partial charge >= 0.3 is 6.18 Å². The van der Waals surface area contributed by atoms with Crippen LogP contribution >= 0.6 is 11.6 Å². The van der Waals surface area contributed by atoms with Gasteiger partial charge in [0, 0.05) is 34.1 Å². The molecule has 2 heterocycles. The molecule has 0 aliphatic rings. The number of aryl methyl sites for hydroxylation is 1. The molecule has 0 atom stereocenters. The third-order valence-electron chi connectivity index (χ3n) is 4.61. The monoisotopic (exact) mass is 417 g/mol. The van der Waals surface area contributed by atoms with Gasteiger partial charge in [0.2, 0.25) is 5.91 Å². The Labute approximate surface area is 168 Å². The molecule has 0 aliphatic heterocycles. The van der Waals surface area contributed by atoms with Gasteiger partial charge in [-0.2, -0.15) is 13.2 Å². The van der Waals surface area contributed by atoms with Crippen LogP contribution in [0.25, 0.3) is 21.8 Å². The zero-order valence-corrected chi connectivity index (χ0v) is 15.7. The third-order valence-corrected chi connectivity index (χ3v) is 4.94. The van der Waals surface area contributed by atoms with E-state index >= 15 is 0 Å². The van der Waals surface area contributed by atoms with E-state index in [1.165, 1.54) is 6.07 Å². The number of carbonyl (C=O) groups is 1. The molecule has 0 saturated carbocycles. The van der Waals surface area contributed by atoms with Crippen molar-refractivity contribution in [3.05, 3.63) is 71.0 Å². The summed E-state index contributed by atoms with van der Waals surface area (Å²) in [5.74, 6) is -0.402. The number of hydrogen-bond donors (Lipinski definition) is 2. The van der Waals surface area contributed by atoms with Crippen LogP contribution in [0.2, 0.25) is 5.02 Å². The number of carbonyl (C=O) groups excluding carboxylic acids is 1. The highest BCUT2D eigenvalue weighted by atomic mass is 35.5. The van der Waals surface area contributed by atoms with Crippen LogP contribution < -0.4 is 5.32 Å². The van der Waals surface area contributed by atoms with Crippen LogP contribution in [-0.2, 0) is 17.4 Å². The summed E-state index contributed by atoms with van der Waals surface area (Å²) in [4.78, 5) is 19.8. The van der Waals surface area contributed by atoms with E-state index < -0.39 is 22.7 Å². The lowest BCUT2D eigenvalue weighted by atomic mass is 10.1. The number of anilines is 1. The average Bonchev–Trinajstić information content (AvgIpc) is 3.05. The van der Waals surface area contributed by atoms with Gasteiger partial charge in [0.25, 0.3) is 0 Å². The number of aromatic amines is 1. The van der Waals surface area contributed by atoms with Crippen molar-refractivity contribution in [2.45, 2.75) is 19.0 Å². The second-order valence-corrected chi connectivity index (χ2v) is 7.04. The summed E-state index contributed by atoms with van der Waals surface area (Å²) >= 11 is 5.59. The van der Waals surface area contributed by atoms with E-state index in [2.05, 4.69) is 15.3 Å². The van der Waals surface area contributed by atoms with Crippen molar-refractivity contribution in [1.29, 1.82) is 0 Å². The fourth-order valence-corrected chi connectivity index (χ4v) is 3.44. The predicted molar refractivity (Wildman–Crippen MR) is 107 cm³/mol. The van der Waals surface area contributed by atoms with Crippen molar-refractivity contribution < 1.29 is 18.0 Å². The molecule has 2 aromatic carbocycles. The van der Waals surface area contributed by atoms with Crippen molar-refractivity contribution >= 4 is 45.0 Å². The highest BCUT2D eigenvalue weighted by Gasteiger charge is 2.33.